The first-order valence-electron chi connectivity index (χ1n) is 13.5. The molecule has 1 aromatic carbocycles. The Morgan fingerprint density at radius 2 is 1.93 bits per heavy atom. The molecular weight excluding hydrogens is 532 g/mol. The molecule has 1 N–H and O–H groups in total. The lowest BCUT2D eigenvalue weighted by atomic mass is 9.95. The number of nitrogens with zero attached hydrogens (tertiary/aromatic N) is 5. The zero-order valence-electron chi connectivity index (χ0n) is 22.1. The second kappa shape index (κ2) is 11.5. The molecule has 1 unspecified atom stereocenters. The molecule has 1 aliphatic carbocycles. The molecule has 3 aromatic heterocycles. The SMILES string of the molecule is Cc1ccc(-c2nnn(CC(=O)N(c3ccc4c(c3)OCCO4)C(C(=O)NC3CCCCC3)c3cccs3)n2)o1. The van der Waals surface area contributed by atoms with Crippen molar-refractivity contribution in [2.75, 3.05) is 18.1 Å². The van der Waals surface area contributed by atoms with Crippen LogP contribution in [0, 0.1) is 6.92 Å². The van der Waals surface area contributed by atoms with E-state index in [1.807, 2.05) is 24.4 Å². The number of aromatic nitrogens is 4. The van der Waals surface area contributed by atoms with Crippen LogP contribution in [0.3, 0.4) is 0 Å². The minimum Gasteiger partial charge on any atom is -0.486 e. The Labute approximate surface area is 235 Å². The van der Waals surface area contributed by atoms with Crippen LogP contribution < -0.4 is 19.7 Å². The lowest BCUT2D eigenvalue weighted by Gasteiger charge is -2.33. The van der Waals surface area contributed by atoms with E-state index in [0.717, 1.165) is 36.3 Å². The van der Waals surface area contributed by atoms with Crippen LogP contribution in [0.15, 0.2) is 52.3 Å². The molecule has 2 amide bonds. The van der Waals surface area contributed by atoms with Crippen LogP contribution in [0.4, 0.5) is 5.69 Å². The lowest BCUT2D eigenvalue weighted by molar-refractivity contribution is -0.127. The van der Waals surface area contributed by atoms with Crippen LogP contribution >= 0.6 is 11.3 Å². The number of amides is 2. The maximum Gasteiger partial charge on any atom is 0.251 e. The Bertz CT molecular complexity index is 1480. The van der Waals surface area contributed by atoms with Gasteiger partial charge in [-0.2, -0.15) is 4.80 Å². The van der Waals surface area contributed by atoms with Crippen LogP contribution in [-0.4, -0.2) is 51.3 Å². The van der Waals surface area contributed by atoms with Gasteiger partial charge in [0, 0.05) is 22.7 Å². The highest BCUT2D eigenvalue weighted by Crippen LogP contribution is 2.38. The van der Waals surface area contributed by atoms with Gasteiger partial charge in [-0.05, 0) is 60.7 Å². The summed E-state index contributed by atoms with van der Waals surface area (Å²) < 4.78 is 17.1. The molecule has 6 rings (SSSR count). The summed E-state index contributed by atoms with van der Waals surface area (Å²) in [5.41, 5.74) is 0.508. The van der Waals surface area contributed by atoms with Gasteiger partial charge >= 0.3 is 0 Å². The van der Waals surface area contributed by atoms with Crippen molar-refractivity contribution in [3.8, 4) is 23.1 Å². The van der Waals surface area contributed by atoms with Crippen molar-refractivity contribution in [1.29, 1.82) is 0 Å². The molecule has 1 aliphatic heterocycles. The zero-order chi connectivity index (χ0) is 27.5. The van der Waals surface area contributed by atoms with Gasteiger partial charge in [0.15, 0.2) is 17.3 Å². The van der Waals surface area contributed by atoms with Gasteiger partial charge in [-0.3, -0.25) is 14.5 Å². The normalized spacial score (nSPS) is 15.9. The third-order valence-electron chi connectivity index (χ3n) is 7.03. The quantitative estimate of drug-likeness (QED) is 0.337. The van der Waals surface area contributed by atoms with Crippen LogP contribution in [-0.2, 0) is 16.1 Å². The maximum absolute atomic E-state index is 14.1. The van der Waals surface area contributed by atoms with E-state index in [9.17, 15) is 9.59 Å². The number of aryl methyl sites for hydroxylation is 1. The number of hydrogen-bond acceptors (Lipinski definition) is 9. The van der Waals surface area contributed by atoms with E-state index in [4.69, 9.17) is 13.9 Å². The van der Waals surface area contributed by atoms with Gasteiger partial charge in [0.1, 0.15) is 31.6 Å². The fraction of sp³-hybridized carbons (Fsp3) is 0.393. The number of ether oxygens (including phenoxy) is 2. The molecule has 4 heterocycles. The summed E-state index contributed by atoms with van der Waals surface area (Å²) in [5, 5.41) is 17.6. The van der Waals surface area contributed by atoms with Gasteiger partial charge in [0.05, 0.1) is 0 Å². The van der Waals surface area contributed by atoms with Gasteiger partial charge in [-0.1, -0.05) is 25.3 Å². The van der Waals surface area contributed by atoms with E-state index in [-0.39, 0.29) is 30.2 Å². The van der Waals surface area contributed by atoms with Crippen molar-refractivity contribution < 1.29 is 23.5 Å². The van der Waals surface area contributed by atoms with Crippen LogP contribution in [0.5, 0.6) is 11.5 Å². The topological polar surface area (TPSA) is 125 Å². The fourth-order valence-corrected chi connectivity index (χ4v) is 5.94. The summed E-state index contributed by atoms with van der Waals surface area (Å²) in [6, 6.07) is 11.8. The Balaban J connectivity index is 1.35. The molecule has 2 aliphatic rings. The lowest BCUT2D eigenvalue weighted by Crippen LogP contribution is -2.48. The first-order valence-corrected chi connectivity index (χ1v) is 14.3. The van der Waals surface area contributed by atoms with Crippen LogP contribution in [0.25, 0.3) is 11.6 Å². The smallest absolute Gasteiger partial charge is 0.251 e. The minimum absolute atomic E-state index is 0.0808. The molecule has 1 atom stereocenters. The predicted molar refractivity (Wildman–Crippen MR) is 147 cm³/mol. The number of carbonyl (C=O) groups excluding carboxylic acids is 2. The summed E-state index contributed by atoms with van der Waals surface area (Å²) >= 11 is 1.43. The second-order valence-electron chi connectivity index (χ2n) is 9.91. The highest BCUT2D eigenvalue weighted by atomic mass is 32.1. The summed E-state index contributed by atoms with van der Waals surface area (Å²) in [7, 11) is 0. The minimum atomic E-state index is -0.896. The Kier molecular flexibility index (Phi) is 7.49. The largest absolute Gasteiger partial charge is 0.486 e. The van der Waals surface area contributed by atoms with E-state index in [1.54, 1.807) is 30.3 Å². The highest BCUT2D eigenvalue weighted by molar-refractivity contribution is 7.10. The number of tetrazole rings is 1. The van der Waals surface area contributed by atoms with Crippen molar-refractivity contribution in [2.24, 2.45) is 0 Å². The van der Waals surface area contributed by atoms with Crippen molar-refractivity contribution in [2.45, 2.75) is 57.7 Å². The molecule has 0 spiro atoms. The number of thiophene rings is 1. The van der Waals surface area contributed by atoms with E-state index in [0.29, 0.717) is 36.2 Å². The summed E-state index contributed by atoms with van der Waals surface area (Å²) in [6.07, 6.45) is 5.19. The van der Waals surface area contributed by atoms with E-state index < -0.39 is 6.04 Å². The second-order valence-corrected chi connectivity index (χ2v) is 10.9. The first-order chi connectivity index (χ1) is 19.5. The Morgan fingerprint density at radius 1 is 1.10 bits per heavy atom. The van der Waals surface area contributed by atoms with Crippen LogP contribution in [0.1, 0.15) is 48.8 Å². The molecule has 0 radical (unpaired) electrons. The molecule has 40 heavy (non-hydrogen) atoms. The number of rotatable bonds is 8. The fourth-order valence-electron chi connectivity index (χ4n) is 5.13. The zero-order valence-corrected chi connectivity index (χ0v) is 22.9. The molecular formula is C28H30N6O5S. The molecule has 12 heteroatoms. The Morgan fingerprint density at radius 3 is 2.67 bits per heavy atom. The third kappa shape index (κ3) is 5.57. The van der Waals surface area contributed by atoms with Gasteiger partial charge in [-0.25, -0.2) is 0 Å². The summed E-state index contributed by atoms with van der Waals surface area (Å²) in [6.45, 7) is 2.44. The van der Waals surface area contributed by atoms with Crippen molar-refractivity contribution in [3.05, 3.63) is 58.5 Å². The number of hydrogen-bond donors (Lipinski definition) is 1. The molecule has 1 saturated carbocycles. The van der Waals surface area contributed by atoms with Crippen molar-refractivity contribution >= 4 is 28.8 Å². The van der Waals surface area contributed by atoms with Gasteiger partial charge < -0.3 is 19.2 Å². The standard InChI is InChI=1S/C28H30N6O5S/c1-18-9-11-22(39-18)27-30-32-33(31-27)17-25(35)34(20-10-12-21-23(16-20)38-14-13-37-21)26(24-8-5-15-40-24)28(36)29-19-6-3-2-4-7-19/h5,8-12,15-16,19,26H,2-4,6-7,13-14,17H2,1H3,(H,29,36). The highest BCUT2D eigenvalue weighted by Gasteiger charge is 2.36. The van der Waals surface area contributed by atoms with Gasteiger partial charge in [0.2, 0.25) is 11.7 Å². The number of carbonyl (C=O) groups is 2. The molecule has 0 saturated heterocycles. The van der Waals surface area contributed by atoms with E-state index >= 15 is 0 Å². The van der Waals surface area contributed by atoms with Gasteiger partial charge in [-0.15, -0.1) is 21.5 Å². The number of furan rings is 1. The number of nitrogens with one attached hydrogen (secondary N) is 1. The molecule has 11 nitrogen and oxygen atoms in total. The van der Waals surface area contributed by atoms with Crippen molar-refractivity contribution in [1.82, 2.24) is 25.5 Å². The predicted octanol–water partition coefficient (Wildman–Crippen LogP) is 4.30. The summed E-state index contributed by atoms with van der Waals surface area (Å²) in [4.78, 5) is 31.5. The average Bonchev–Trinajstić information content (AvgIpc) is 3.75. The molecule has 4 aromatic rings. The number of benzene rings is 1. The van der Waals surface area contributed by atoms with Crippen molar-refractivity contribution in [3.63, 3.8) is 0 Å². The monoisotopic (exact) mass is 562 g/mol. The molecule has 208 valence electrons. The van der Waals surface area contributed by atoms with E-state index in [2.05, 4.69) is 20.7 Å². The Hall–Kier alpha value is -4.19. The first kappa shape index (κ1) is 26.1. The van der Waals surface area contributed by atoms with Crippen LogP contribution in [0.2, 0.25) is 0 Å². The number of fused-ring (bicyclic) bond motifs is 1. The van der Waals surface area contributed by atoms with Gasteiger partial charge in [0.25, 0.3) is 5.91 Å². The third-order valence-corrected chi connectivity index (χ3v) is 7.96. The van der Waals surface area contributed by atoms with E-state index in [1.165, 1.54) is 27.5 Å². The summed E-state index contributed by atoms with van der Waals surface area (Å²) in [5.74, 6) is 1.96. The number of anilines is 1. The molecule has 1 fully saturated rings. The molecule has 0 bridgehead atoms. The maximum atomic E-state index is 14.1. The average molecular weight is 563 g/mol.